The van der Waals surface area contributed by atoms with E-state index >= 15 is 0 Å². The van der Waals surface area contributed by atoms with Gasteiger partial charge in [0.1, 0.15) is 11.5 Å². The molecular formula is C20H11ClN2O5. The largest absolute Gasteiger partial charge is 0.478 e. The van der Waals surface area contributed by atoms with E-state index in [9.17, 15) is 20.2 Å². The predicted molar refractivity (Wildman–Crippen MR) is 103 cm³/mol. The van der Waals surface area contributed by atoms with Gasteiger partial charge in [-0.1, -0.05) is 23.7 Å². The van der Waals surface area contributed by atoms with Crippen LogP contribution < -0.4 is 0 Å². The number of halogens is 1. The Bertz CT molecular complexity index is 1140. The third kappa shape index (κ3) is 3.92. The second kappa shape index (κ2) is 7.78. The molecular weight excluding hydrogens is 384 g/mol. The van der Waals surface area contributed by atoms with Crippen LogP contribution in [0.4, 0.5) is 5.69 Å². The topological polar surface area (TPSA) is 117 Å². The molecule has 8 heteroatoms. The first-order chi connectivity index (χ1) is 13.4. The molecule has 0 bridgehead atoms. The molecule has 1 heterocycles. The lowest BCUT2D eigenvalue weighted by atomic mass is 10.0. The molecule has 0 aliphatic rings. The van der Waals surface area contributed by atoms with E-state index in [1.54, 1.807) is 12.1 Å². The summed E-state index contributed by atoms with van der Waals surface area (Å²) in [4.78, 5) is 21.2. The molecule has 0 unspecified atom stereocenters. The highest BCUT2D eigenvalue weighted by molar-refractivity contribution is 6.33. The van der Waals surface area contributed by atoms with Gasteiger partial charge in [-0.15, -0.1) is 0 Å². The maximum Gasteiger partial charge on any atom is 0.335 e. The fourth-order valence-electron chi connectivity index (χ4n) is 2.51. The second-order valence-corrected chi connectivity index (χ2v) is 6.08. The van der Waals surface area contributed by atoms with E-state index in [1.165, 1.54) is 48.5 Å². The summed E-state index contributed by atoms with van der Waals surface area (Å²) in [5.74, 6) is -0.280. The van der Waals surface area contributed by atoms with Crippen LogP contribution >= 0.6 is 11.6 Å². The van der Waals surface area contributed by atoms with Crippen LogP contribution in [0.5, 0.6) is 0 Å². The van der Waals surface area contributed by atoms with Crippen molar-refractivity contribution in [2.24, 2.45) is 0 Å². The predicted octanol–water partition coefficient (Wildman–Crippen LogP) is 5.27. The summed E-state index contributed by atoms with van der Waals surface area (Å²) >= 11 is 6.11. The summed E-state index contributed by atoms with van der Waals surface area (Å²) in [5.41, 5.74) is 1.30. The van der Waals surface area contributed by atoms with Gasteiger partial charge in [0.25, 0.3) is 5.69 Å². The Morgan fingerprint density at radius 1 is 1.14 bits per heavy atom. The number of allylic oxidation sites excluding steroid dienone is 1. The number of benzene rings is 2. The van der Waals surface area contributed by atoms with Crippen molar-refractivity contribution in [1.29, 1.82) is 5.26 Å². The van der Waals surface area contributed by atoms with Crippen LogP contribution in [-0.4, -0.2) is 16.0 Å². The molecule has 1 aromatic heterocycles. The average Bonchev–Trinajstić information content (AvgIpc) is 3.14. The van der Waals surface area contributed by atoms with Crippen molar-refractivity contribution in [3.8, 4) is 17.4 Å². The first-order valence-electron chi connectivity index (χ1n) is 7.88. The number of carbonyl (C=O) groups is 1. The van der Waals surface area contributed by atoms with Crippen molar-refractivity contribution >= 4 is 34.9 Å². The number of non-ortho nitro benzene ring substituents is 1. The van der Waals surface area contributed by atoms with Crippen LogP contribution in [0, 0.1) is 21.4 Å². The normalized spacial score (nSPS) is 11.1. The third-order valence-corrected chi connectivity index (χ3v) is 4.22. The molecule has 0 saturated heterocycles. The number of nitriles is 1. The minimum absolute atomic E-state index is 0.120. The van der Waals surface area contributed by atoms with Crippen molar-refractivity contribution in [3.63, 3.8) is 0 Å². The van der Waals surface area contributed by atoms with Gasteiger partial charge in [-0.05, 0) is 42.0 Å². The highest BCUT2D eigenvalue weighted by Crippen LogP contribution is 2.33. The molecule has 28 heavy (non-hydrogen) atoms. The van der Waals surface area contributed by atoms with Crippen molar-refractivity contribution < 1.29 is 19.2 Å². The number of carboxylic acid groups (broad SMARTS) is 1. The van der Waals surface area contributed by atoms with E-state index < -0.39 is 10.9 Å². The van der Waals surface area contributed by atoms with Gasteiger partial charge in [0.05, 0.1) is 27.2 Å². The molecule has 0 aliphatic heterocycles. The molecule has 0 radical (unpaired) electrons. The Labute approximate surface area is 163 Å². The van der Waals surface area contributed by atoms with E-state index in [4.69, 9.17) is 21.1 Å². The minimum atomic E-state index is -1.05. The molecule has 138 valence electrons. The van der Waals surface area contributed by atoms with Crippen LogP contribution in [0.1, 0.15) is 21.7 Å². The molecule has 3 rings (SSSR count). The Balaban J connectivity index is 1.91. The summed E-state index contributed by atoms with van der Waals surface area (Å²) in [6.45, 7) is 0. The zero-order valence-electron chi connectivity index (χ0n) is 14.1. The van der Waals surface area contributed by atoms with Crippen molar-refractivity contribution in [2.45, 2.75) is 0 Å². The standard InChI is InChI=1S/C20H11ClN2O5/c21-18-10-15(23(26)27)5-7-17(18)19-8-6-16(28-19)9-14(11-22)12-1-3-13(4-2-12)20(24)25/h1-10H,(H,24,25)/b14-9-. The molecule has 2 aromatic carbocycles. The van der Waals surface area contributed by atoms with Gasteiger partial charge < -0.3 is 9.52 Å². The summed E-state index contributed by atoms with van der Waals surface area (Å²) in [7, 11) is 0. The lowest BCUT2D eigenvalue weighted by Gasteiger charge is -2.01. The summed E-state index contributed by atoms with van der Waals surface area (Å²) < 4.78 is 5.69. The number of carboxylic acids is 1. The quantitative estimate of drug-likeness (QED) is 0.357. The van der Waals surface area contributed by atoms with Gasteiger partial charge in [0, 0.05) is 17.7 Å². The van der Waals surface area contributed by atoms with Gasteiger partial charge >= 0.3 is 5.97 Å². The number of nitro groups is 1. The number of hydrogen-bond acceptors (Lipinski definition) is 5. The lowest BCUT2D eigenvalue weighted by molar-refractivity contribution is -0.384. The molecule has 3 aromatic rings. The molecule has 0 atom stereocenters. The van der Waals surface area contributed by atoms with Gasteiger partial charge in [-0.25, -0.2) is 4.79 Å². The lowest BCUT2D eigenvalue weighted by Crippen LogP contribution is -1.95. The highest BCUT2D eigenvalue weighted by Gasteiger charge is 2.14. The van der Waals surface area contributed by atoms with Crippen molar-refractivity contribution in [2.75, 3.05) is 0 Å². The van der Waals surface area contributed by atoms with Gasteiger partial charge in [0.2, 0.25) is 0 Å². The van der Waals surface area contributed by atoms with E-state index in [0.29, 0.717) is 22.6 Å². The Kier molecular flexibility index (Phi) is 5.25. The Hall–Kier alpha value is -3.89. The van der Waals surface area contributed by atoms with E-state index in [2.05, 4.69) is 0 Å². The molecule has 0 spiro atoms. The number of rotatable bonds is 5. The first-order valence-corrected chi connectivity index (χ1v) is 8.26. The highest BCUT2D eigenvalue weighted by atomic mass is 35.5. The maximum atomic E-state index is 10.9. The molecule has 0 aliphatic carbocycles. The van der Waals surface area contributed by atoms with E-state index in [0.717, 1.165) is 0 Å². The van der Waals surface area contributed by atoms with Crippen molar-refractivity contribution in [3.05, 3.63) is 86.6 Å². The monoisotopic (exact) mass is 394 g/mol. The first kappa shape index (κ1) is 18.9. The smallest absolute Gasteiger partial charge is 0.335 e. The number of nitro benzene ring substituents is 1. The molecule has 0 fully saturated rings. The number of aromatic carboxylic acids is 1. The number of hydrogen-bond donors (Lipinski definition) is 1. The zero-order chi connectivity index (χ0) is 20.3. The minimum Gasteiger partial charge on any atom is -0.478 e. The molecule has 1 N–H and O–H groups in total. The molecule has 0 amide bonds. The average molecular weight is 395 g/mol. The van der Waals surface area contributed by atoms with Gasteiger partial charge in [0.15, 0.2) is 0 Å². The fourth-order valence-corrected chi connectivity index (χ4v) is 2.78. The van der Waals surface area contributed by atoms with Crippen LogP contribution in [0.15, 0.2) is 59.0 Å². The third-order valence-electron chi connectivity index (χ3n) is 3.91. The molecule has 0 saturated carbocycles. The van der Waals surface area contributed by atoms with Crippen LogP contribution in [0.25, 0.3) is 23.0 Å². The zero-order valence-corrected chi connectivity index (χ0v) is 14.9. The van der Waals surface area contributed by atoms with E-state index in [1.807, 2.05) is 6.07 Å². The number of nitrogens with zero attached hydrogens (tertiary/aromatic N) is 2. The maximum absolute atomic E-state index is 10.9. The van der Waals surface area contributed by atoms with Gasteiger partial charge in [-0.2, -0.15) is 5.26 Å². The van der Waals surface area contributed by atoms with Crippen LogP contribution in [0.2, 0.25) is 5.02 Å². The van der Waals surface area contributed by atoms with Crippen LogP contribution in [0.3, 0.4) is 0 Å². The number of furan rings is 1. The second-order valence-electron chi connectivity index (χ2n) is 5.68. The SMILES string of the molecule is N#C/C(=C/c1ccc(-c2ccc([N+](=O)[O-])cc2Cl)o1)c1ccc(C(=O)O)cc1. The van der Waals surface area contributed by atoms with Gasteiger partial charge in [-0.3, -0.25) is 10.1 Å². The summed E-state index contributed by atoms with van der Waals surface area (Å²) in [6, 6.07) is 15.3. The summed E-state index contributed by atoms with van der Waals surface area (Å²) in [6.07, 6.45) is 1.51. The fraction of sp³-hybridized carbons (Fsp3) is 0. The van der Waals surface area contributed by atoms with E-state index in [-0.39, 0.29) is 21.8 Å². The van der Waals surface area contributed by atoms with Crippen molar-refractivity contribution in [1.82, 2.24) is 0 Å². The summed E-state index contributed by atoms with van der Waals surface area (Å²) in [5, 5.41) is 29.3. The molecule has 7 nitrogen and oxygen atoms in total. The Morgan fingerprint density at radius 3 is 2.39 bits per heavy atom. The Morgan fingerprint density at radius 2 is 1.82 bits per heavy atom. The van der Waals surface area contributed by atoms with Crippen LogP contribution in [-0.2, 0) is 0 Å².